The molecule has 0 radical (unpaired) electrons. The summed E-state index contributed by atoms with van der Waals surface area (Å²) in [5.74, 6) is 0. The minimum Gasteiger partial charge on any atom is -0.274 e. The summed E-state index contributed by atoms with van der Waals surface area (Å²) in [6.45, 7) is 0. The number of hydrogen-bond donors (Lipinski definition) is 2. The van der Waals surface area contributed by atoms with Gasteiger partial charge in [-0.25, -0.2) is 5.14 Å². The fraction of sp³-hybridized carbons (Fsp3) is 0. The third-order valence-corrected chi connectivity index (χ3v) is 0. The Balaban J connectivity index is -0.0000000800. The molecule has 0 saturated carbocycles. The summed E-state index contributed by atoms with van der Waals surface area (Å²) < 4.78 is 25.2. The summed E-state index contributed by atoms with van der Waals surface area (Å²) in [6.07, 6.45) is 0. The van der Waals surface area contributed by atoms with Gasteiger partial charge in [-0.2, -0.15) is 21.9 Å². The minimum absolute atomic E-state index is 0. The van der Waals surface area contributed by atoms with Gasteiger partial charge >= 0.3 is 10.3 Å². The van der Waals surface area contributed by atoms with E-state index in [1.54, 1.807) is 0 Å². The number of hydrogen-bond acceptors (Lipinski definition) is 2. The van der Waals surface area contributed by atoms with Gasteiger partial charge in [0.05, 0.1) is 0 Å². The first kappa shape index (κ1) is 15.6. The molecule has 0 amide bonds. The largest absolute Gasteiger partial charge is 0.330 e. The molecule has 0 aliphatic heterocycles. The van der Waals surface area contributed by atoms with Crippen LogP contribution in [0.1, 0.15) is 0 Å². The molecule has 0 atom stereocenters. The molecule has 0 bridgehead atoms. The zero-order chi connectivity index (χ0) is 4.50. The van der Waals surface area contributed by atoms with Gasteiger partial charge in [-0.3, -0.25) is 4.55 Å². The number of rotatable bonds is 0. The van der Waals surface area contributed by atoms with Crippen LogP contribution in [0.5, 0.6) is 0 Å². The molecule has 4 nitrogen and oxygen atoms in total. The van der Waals surface area contributed by atoms with Crippen LogP contribution in [-0.2, 0) is 26.8 Å². The quantitative estimate of drug-likeness (QED) is 0.374. The molecule has 0 fully saturated rings. The van der Waals surface area contributed by atoms with Crippen LogP contribution in [0, 0.1) is 0 Å². The van der Waals surface area contributed by atoms with Crippen molar-refractivity contribution >= 4 is 23.8 Å². The van der Waals surface area contributed by atoms with Gasteiger partial charge in [-0.1, -0.05) is 0 Å². The Bertz CT molecular complexity index is 96.1. The SMILES string of the molecule is NS(=O)(=O)O.S.[Ni]. The summed E-state index contributed by atoms with van der Waals surface area (Å²) in [6, 6.07) is 0. The average Bonchev–Trinajstić information content (AvgIpc) is 0.722. The second-order valence-corrected chi connectivity index (χ2v) is 1.54. The van der Waals surface area contributed by atoms with Crippen molar-refractivity contribution in [2.45, 2.75) is 0 Å². The molecule has 0 heterocycles. The number of nitrogens with two attached hydrogens (primary N) is 1. The van der Waals surface area contributed by atoms with Crippen LogP contribution >= 0.6 is 13.5 Å². The van der Waals surface area contributed by atoms with E-state index in [1.807, 2.05) is 0 Å². The van der Waals surface area contributed by atoms with Crippen molar-refractivity contribution in [3.8, 4) is 0 Å². The Morgan fingerprint density at radius 3 is 1.43 bits per heavy atom. The van der Waals surface area contributed by atoms with Crippen LogP contribution in [0.25, 0.3) is 0 Å². The van der Waals surface area contributed by atoms with Crippen LogP contribution in [-0.4, -0.2) is 13.0 Å². The Kier molecular flexibility index (Phi) is 10.9. The summed E-state index contributed by atoms with van der Waals surface area (Å²) in [4.78, 5) is 0. The van der Waals surface area contributed by atoms with Crippen LogP contribution < -0.4 is 5.14 Å². The fourth-order valence-electron chi connectivity index (χ4n) is 0. The van der Waals surface area contributed by atoms with Crippen molar-refractivity contribution in [2.75, 3.05) is 0 Å². The van der Waals surface area contributed by atoms with E-state index in [9.17, 15) is 0 Å². The van der Waals surface area contributed by atoms with E-state index in [0.717, 1.165) is 0 Å². The van der Waals surface area contributed by atoms with Gasteiger partial charge in [0.15, 0.2) is 0 Å². The Morgan fingerprint density at radius 1 is 1.43 bits per heavy atom. The van der Waals surface area contributed by atoms with Crippen LogP contribution in [0.4, 0.5) is 0 Å². The molecule has 0 unspecified atom stereocenters. The maximum atomic E-state index is 8.97. The predicted molar refractivity (Wildman–Crippen MR) is 26.1 cm³/mol. The first-order valence-electron chi connectivity index (χ1n) is 0.752. The van der Waals surface area contributed by atoms with Crippen LogP contribution in [0.2, 0.25) is 0 Å². The molecule has 0 aliphatic carbocycles. The second kappa shape index (κ2) is 4.86. The molecule has 7 heteroatoms. The van der Waals surface area contributed by atoms with Gasteiger partial charge in [0.2, 0.25) is 0 Å². The fourth-order valence-corrected chi connectivity index (χ4v) is 0. The van der Waals surface area contributed by atoms with E-state index in [0.29, 0.717) is 0 Å². The minimum atomic E-state index is -4.17. The molecule has 0 rings (SSSR count). The molecule has 0 aromatic heterocycles. The van der Waals surface area contributed by atoms with Crippen LogP contribution in [0.15, 0.2) is 0 Å². The molecule has 50 valence electrons. The van der Waals surface area contributed by atoms with Gasteiger partial charge in [0, 0.05) is 16.5 Å². The van der Waals surface area contributed by atoms with Crippen molar-refractivity contribution in [3.63, 3.8) is 0 Å². The van der Waals surface area contributed by atoms with E-state index in [4.69, 9.17) is 13.0 Å². The molecule has 3 N–H and O–H groups in total. The van der Waals surface area contributed by atoms with Gasteiger partial charge in [0.1, 0.15) is 0 Å². The van der Waals surface area contributed by atoms with Crippen LogP contribution in [0.3, 0.4) is 0 Å². The normalized spacial score (nSPS) is 8.29. The van der Waals surface area contributed by atoms with Gasteiger partial charge in [-0.15, -0.1) is 0 Å². The standard InChI is InChI=1S/H3NO3S.Ni.H2S/c1-5(2,3)4;;/h(H3,1,2,3,4);;1H2. The van der Waals surface area contributed by atoms with E-state index in [1.165, 1.54) is 0 Å². The molecule has 7 heavy (non-hydrogen) atoms. The van der Waals surface area contributed by atoms with Crippen molar-refractivity contribution in [3.05, 3.63) is 0 Å². The van der Waals surface area contributed by atoms with Crippen molar-refractivity contribution in [1.29, 1.82) is 0 Å². The molecule has 0 aromatic rings. The van der Waals surface area contributed by atoms with E-state index < -0.39 is 10.3 Å². The molecule has 0 saturated heterocycles. The molecular formula is H5NNiO3S2. The van der Waals surface area contributed by atoms with Crippen molar-refractivity contribution < 1.29 is 29.5 Å². The van der Waals surface area contributed by atoms with E-state index in [-0.39, 0.29) is 30.0 Å². The zero-order valence-corrected chi connectivity index (χ0v) is 5.87. The maximum absolute atomic E-state index is 8.97. The smallest absolute Gasteiger partial charge is 0.274 e. The Hall–Kier alpha value is 0.714. The molecule has 0 spiro atoms. The third kappa shape index (κ3) is 293. The molecule has 0 aliphatic rings. The average molecular weight is 190 g/mol. The molecular weight excluding hydrogens is 185 g/mol. The zero-order valence-electron chi connectivity index (χ0n) is 3.07. The van der Waals surface area contributed by atoms with Gasteiger partial charge in [0.25, 0.3) is 0 Å². The summed E-state index contributed by atoms with van der Waals surface area (Å²) in [5, 5.41) is 3.88. The Labute approximate surface area is 58.7 Å². The maximum Gasteiger partial charge on any atom is 0.330 e. The first-order chi connectivity index (χ1) is 2.00. The summed E-state index contributed by atoms with van der Waals surface area (Å²) >= 11 is 0. The first-order valence-corrected chi connectivity index (χ1v) is 2.25. The predicted octanol–water partition coefficient (Wildman–Crippen LogP) is -1.14. The monoisotopic (exact) mass is 189 g/mol. The summed E-state index contributed by atoms with van der Waals surface area (Å²) in [5.41, 5.74) is 0. The van der Waals surface area contributed by atoms with Gasteiger partial charge in [-0.05, 0) is 0 Å². The van der Waals surface area contributed by atoms with Crippen molar-refractivity contribution in [1.82, 2.24) is 0 Å². The second-order valence-electron chi connectivity index (χ2n) is 0.515. The third-order valence-electron chi connectivity index (χ3n) is 0. The van der Waals surface area contributed by atoms with E-state index in [2.05, 4.69) is 5.14 Å². The molecule has 0 aromatic carbocycles. The van der Waals surface area contributed by atoms with Gasteiger partial charge < -0.3 is 0 Å². The van der Waals surface area contributed by atoms with E-state index >= 15 is 0 Å². The summed E-state index contributed by atoms with van der Waals surface area (Å²) in [7, 11) is -4.17. The Morgan fingerprint density at radius 2 is 1.43 bits per heavy atom. The topological polar surface area (TPSA) is 80.4 Å². The van der Waals surface area contributed by atoms with Crippen molar-refractivity contribution in [2.24, 2.45) is 5.14 Å².